The molecule has 0 aliphatic heterocycles. The minimum atomic E-state index is -1.30. The Hall–Kier alpha value is -1.68. The molecule has 0 aliphatic rings. The maximum atomic E-state index is 10.2. The fourth-order valence-electron chi connectivity index (χ4n) is 2.64. The summed E-state index contributed by atoms with van der Waals surface area (Å²) < 4.78 is 0. The Bertz CT molecular complexity index is 573. The lowest BCUT2D eigenvalue weighted by Crippen LogP contribution is -2.43. The molecule has 2 rings (SSSR count). The van der Waals surface area contributed by atoms with Crippen LogP contribution in [0.1, 0.15) is 25.8 Å². The molecule has 2 aromatic rings. The molecule has 3 atom stereocenters. The number of rotatable bonds is 6. The quantitative estimate of drug-likeness (QED) is 0.769. The Morgan fingerprint density at radius 1 is 0.909 bits per heavy atom. The van der Waals surface area contributed by atoms with Crippen LogP contribution in [-0.4, -0.2) is 33.1 Å². The fraction of sp³-hybridized carbons (Fsp3) is 0.368. The summed E-state index contributed by atoms with van der Waals surface area (Å²) in [6, 6.07) is 18.0. The first-order valence-electron chi connectivity index (χ1n) is 7.61. The maximum absolute atomic E-state index is 10.2. The van der Waals surface area contributed by atoms with E-state index >= 15 is 0 Å². The highest BCUT2D eigenvalue weighted by atomic mass is 16.3. The van der Waals surface area contributed by atoms with Gasteiger partial charge in [0.15, 0.2) is 0 Å². The molecule has 2 aromatic carbocycles. The third kappa shape index (κ3) is 4.41. The van der Waals surface area contributed by atoms with Gasteiger partial charge in [-0.15, -0.1) is 0 Å². The predicted molar refractivity (Wildman–Crippen MR) is 88.5 cm³/mol. The van der Waals surface area contributed by atoms with Gasteiger partial charge < -0.3 is 15.3 Å². The van der Waals surface area contributed by atoms with Crippen LogP contribution in [0.15, 0.2) is 54.6 Å². The van der Waals surface area contributed by atoms with E-state index in [2.05, 4.69) is 12.1 Å². The predicted octanol–water partition coefficient (Wildman–Crippen LogP) is 2.78. The molecule has 0 aromatic heterocycles. The number of benzene rings is 2. The van der Waals surface area contributed by atoms with Crippen LogP contribution in [0, 0.1) is 0 Å². The lowest BCUT2D eigenvalue weighted by molar-refractivity contribution is -0.0842. The van der Waals surface area contributed by atoms with E-state index in [0.717, 1.165) is 16.7 Å². The molecular formula is C19H24O3. The molecule has 0 radical (unpaired) electrons. The topological polar surface area (TPSA) is 60.7 Å². The molecule has 0 heterocycles. The molecule has 3 unspecified atom stereocenters. The molecule has 3 N–H and O–H groups in total. The second kappa shape index (κ2) is 7.05. The van der Waals surface area contributed by atoms with Crippen LogP contribution in [0.5, 0.6) is 0 Å². The van der Waals surface area contributed by atoms with Crippen molar-refractivity contribution in [2.45, 2.75) is 44.5 Å². The van der Waals surface area contributed by atoms with Crippen molar-refractivity contribution in [1.82, 2.24) is 0 Å². The van der Waals surface area contributed by atoms with E-state index in [-0.39, 0.29) is 6.42 Å². The van der Waals surface area contributed by atoms with E-state index in [9.17, 15) is 15.3 Å². The fourth-order valence-corrected chi connectivity index (χ4v) is 2.64. The van der Waals surface area contributed by atoms with Crippen LogP contribution < -0.4 is 0 Å². The number of hydrogen-bond acceptors (Lipinski definition) is 3. The van der Waals surface area contributed by atoms with Crippen molar-refractivity contribution in [1.29, 1.82) is 0 Å². The van der Waals surface area contributed by atoms with E-state index < -0.39 is 17.8 Å². The molecular weight excluding hydrogens is 276 g/mol. The van der Waals surface area contributed by atoms with Crippen molar-refractivity contribution in [2.75, 3.05) is 0 Å². The zero-order valence-electron chi connectivity index (χ0n) is 13.1. The molecule has 0 fully saturated rings. The minimum Gasteiger partial charge on any atom is -0.393 e. The molecule has 0 amide bonds. The summed E-state index contributed by atoms with van der Waals surface area (Å²) in [4.78, 5) is 0. The van der Waals surface area contributed by atoms with Crippen LogP contribution in [0.25, 0.3) is 11.1 Å². The normalized spacial score (nSPS) is 16.8. The molecule has 0 saturated heterocycles. The average molecular weight is 300 g/mol. The van der Waals surface area contributed by atoms with Gasteiger partial charge in [-0.3, -0.25) is 0 Å². The summed E-state index contributed by atoms with van der Waals surface area (Å²) in [5, 5.41) is 29.8. The number of aliphatic hydroxyl groups excluding tert-OH is 2. The van der Waals surface area contributed by atoms with Gasteiger partial charge >= 0.3 is 0 Å². The van der Waals surface area contributed by atoms with Gasteiger partial charge in [0.25, 0.3) is 0 Å². The largest absolute Gasteiger partial charge is 0.393 e. The van der Waals surface area contributed by atoms with E-state index in [1.54, 1.807) is 13.8 Å². The van der Waals surface area contributed by atoms with Gasteiger partial charge in [-0.25, -0.2) is 0 Å². The van der Waals surface area contributed by atoms with E-state index in [1.807, 2.05) is 42.5 Å². The van der Waals surface area contributed by atoms with Gasteiger partial charge in [0.05, 0.1) is 17.8 Å². The summed E-state index contributed by atoms with van der Waals surface area (Å²) in [7, 11) is 0. The Morgan fingerprint density at radius 3 is 2.00 bits per heavy atom. The SMILES string of the molecule is CC(O)CC(C)(O)C(O)Cc1ccc(-c2ccccc2)cc1. The lowest BCUT2D eigenvalue weighted by Gasteiger charge is -2.30. The van der Waals surface area contributed by atoms with Gasteiger partial charge in [-0.2, -0.15) is 0 Å². The Labute approximate surface area is 131 Å². The van der Waals surface area contributed by atoms with Crippen molar-refractivity contribution >= 4 is 0 Å². The van der Waals surface area contributed by atoms with Gasteiger partial charge in [-0.1, -0.05) is 54.6 Å². The van der Waals surface area contributed by atoms with E-state index in [0.29, 0.717) is 6.42 Å². The van der Waals surface area contributed by atoms with Crippen molar-refractivity contribution in [3.8, 4) is 11.1 Å². The van der Waals surface area contributed by atoms with Crippen LogP contribution >= 0.6 is 0 Å². The Morgan fingerprint density at radius 2 is 1.45 bits per heavy atom. The summed E-state index contributed by atoms with van der Waals surface area (Å²) >= 11 is 0. The zero-order valence-corrected chi connectivity index (χ0v) is 13.1. The van der Waals surface area contributed by atoms with Crippen LogP contribution in [-0.2, 0) is 6.42 Å². The van der Waals surface area contributed by atoms with Crippen LogP contribution in [0.4, 0.5) is 0 Å². The zero-order chi connectivity index (χ0) is 16.2. The van der Waals surface area contributed by atoms with E-state index in [1.165, 1.54) is 0 Å². The average Bonchev–Trinajstić information content (AvgIpc) is 2.47. The van der Waals surface area contributed by atoms with Crippen molar-refractivity contribution in [3.05, 3.63) is 60.2 Å². The lowest BCUT2D eigenvalue weighted by atomic mass is 9.88. The molecule has 0 saturated carbocycles. The van der Waals surface area contributed by atoms with Crippen molar-refractivity contribution < 1.29 is 15.3 Å². The van der Waals surface area contributed by atoms with Gasteiger partial charge in [0.1, 0.15) is 0 Å². The monoisotopic (exact) mass is 300 g/mol. The highest BCUT2D eigenvalue weighted by molar-refractivity contribution is 5.63. The molecule has 0 spiro atoms. The van der Waals surface area contributed by atoms with E-state index in [4.69, 9.17) is 0 Å². The first-order chi connectivity index (χ1) is 10.4. The molecule has 0 bridgehead atoms. The smallest absolute Gasteiger partial charge is 0.0905 e. The van der Waals surface area contributed by atoms with Crippen molar-refractivity contribution in [2.24, 2.45) is 0 Å². The summed E-state index contributed by atoms with van der Waals surface area (Å²) in [5.74, 6) is 0. The minimum absolute atomic E-state index is 0.149. The summed E-state index contributed by atoms with van der Waals surface area (Å²) in [5.41, 5.74) is 1.93. The standard InChI is InChI=1S/C19H24O3/c1-14(20)13-19(2,22)18(21)12-15-8-10-17(11-9-15)16-6-4-3-5-7-16/h3-11,14,18,20-22H,12-13H2,1-2H3. The summed E-state index contributed by atoms with van der Waals surface area (Å²) in [6.07, 6.45) is -1.06. The van der Waals surface area contributed by atoms with Crippen LogP contribution in [0.2, 0.25) is 0 Å². The van der Waals surface area contributed by atoms with Crippen molar-refractivity contribution in [3.63, 3.8) is 0 Å². The number of hydrogen-bond donors (Lipinski definition) is 3. The van der Waals surface area contributed by atoms with Crippen LogP contribution in [0.3, 0.4) is 0 Å². The molecule has 22 heavy (non-hydrogen) atoms. The molecule has 0 aliphatic carbocycles. The first-order valence-corrected chi connectivity index (χ1v) is 7.61. The highest BCUT2D eigenvalue weighted by Gasteiger charge is 2.31. The van der Waals surface area contributed by atoms with Gasteiger partial charge in [0, 0.05) is 12.8 Å². The Kier molecular flexibility index (Phi) is 5.35. The Balaban J connectivity index is 2.05. The molecule has 118 valence electrons. The first kappa shape index (κ1) is 16.7. The maximum Gasteiger partial charge on any atom is 0.0905 e. The van der Waals surface area contributed by atoms with Gasteiger partial charge in [-0.05, 0) is 30.5 Å². The highest BCUT2D eigenvalue weighted by Crippen LogP contribution is 2.23. The second-order valence-electron chi connectivity index (χ2n) is 6.19. The molecule has 3 heteroatoms. The third-order valence-corrected chi connectivity index (χ3v) is 3.92. The van der Waals surface area contributed by atoms with Gasteiger partial charge in [0.2, 0.25) is 0 Å². The second-order valence-corrected chi connectivity index (χ2v) is 6.19. The molecule has 3 nitrogen and oxygen atoms in total. The third-order valence-electron chi connectivity index (χ3n) is 3.92. The number of aliphatic hydroxyl groups is 3. The summed E-state index contributed by atoms with van der Waals surface area (Å²) in [6.45, 7) is 3.17.